The second-order valence-corrected chi connectivity index (χ2v) is 5.74. The standard InChI is InChI=1S/C16H15N2OP/c19-16-15(10-12-6-4-5-9-14(12)18-16)20-11-17-13-7-2-1-3-8-13/h1-10,17,20H,11H2,(H,18,19). The van der Waals surface area contributed by atoms with Gasteiger partial charge in [0.25, 0.3) is 5.56 Å². The molecule has 1 aromatic heterocycles. The van der Waals surface area contributed by atoms with Crippen molar-refractivity contribution < 1.29 is 0 Å². The van der Waals surface area contributed by atoms with E-state index < -0.39 is 0 Å². The fourth-order valence-corrected chi connectivity index (χ4v) is 3.04. The van der Waals surface area contributed by atoms with Crippen LogP contribution in [0.2, 0.25) is 0 Å². The molecule has 0 bridgehead atoms. The van der Waals surface area contributed by atoms with Gasteiger partial charge in [-0.25, -0.2) is 0 Å². The van der Waals surface area contributed by atoms with E-state index >= 15 is 0 Å². The second-order valence-electron chi connectivity index (χ2n) is 4.50. The highest BCUT2D eigenvalue weighted by molar-refractivity contribution is 7.47. The van der Waals surface area contributed by atoms with Gasteiger partial charge >= 0.3 is 0 Å². The molecule has 20 heavy (non-hydrogen) atoms. The van der Waals surface area contributed by atoms with Crippen LogP contribution in [0.4, 0.5) is 5.69 Å². The van der Waals surface area contributed by atoms with E-state index in [-0.39, 0.29) is 5.56 Å². The number of anilines is 1. The van der Waals surface area contributed by atoms with E-state index in [1.165, 1.54) is 0 Å². The summed E-state index contributed by atoms with van der Waals surface area (Å²) in [4.78, 5) is 14.9. The van der Waals surface area contributed by atoms with Gasteiger partial charge in [0.1, 0.15) is 0 Å². The van der Waals surface area contributed by atoms with Crippen molar-refractivity contribution in [2.75, 3.05) is 11.6 Å². The van der Waals surface area contributed by atoms with Crippen LogP contribution in [0, 0.1) is 0 Å². The summed E-state index contributed by atoms with van der Waals surface area (Å²) in [5.41, 5.74) is 1.98. The molecular formula is C16H15N2OP. The molecule has 1 unspecified atom stereocenters. The van der Waals surface area contributed by atoms with E-state index in [1.54, 1.807) is 0 Å². The maximum absolute atomic E-state index is 12.0. The molecule has 3 rings (SSSR count). The fraction of sp³-hybridized carbons (Fsp3) is 0.0625. The summed E-state index contributed by atoms with van der Waals surface area (Å²) < 4.78 is 0. The first kappa shape index (κ1) is 12.9. The van der Waals surface area contributed by atoms with Gasteiger partial charge in [-0.05, 0) is 29.7 Å². The Labute approximate surface area is 118 Å². The smallest absolute Gasteiger partial charge is 0.255 e. The zero-order valence-corrected chi connectivity index (χ0v) is 11.9. The van der Waals surface area contributed by atoms with Crippen LogP contribution >= 0.6 is 8.58 Å². The minimum Gasteiger partial charge on any atom is -0.381 e. The summed E-state index contributed by atoms with van der Waals surface area (Å²) in [6, 6.07) is 19.9. The fourth-order valence-electron chi connectivity index (χ4n) is 2.08. The molecule has 0 radical (unpaired) electrons. The molecule has 0 spiro atoms. The predicted octanol–water partition coefficient (Wildman–Crippen LogP) is 2.90. The Morgan fingerprint density at radius 3 is 2.60 bits per heavy atom. The maximum atomic E-state index is 12.0. The number of hydrogen-bond donors (Lipinski definition) is 2. The number of hydrogen-bond acceptors (Lipinski definition) is 2. The molecule has 2 N–H and O–H groups in total. The highest BCUT2D eigenvalue weighted by atomic mass is 31.1. The van der Waals surface area contributed by atoms with Crippen molar-refractivity contribution >= 4 is 30.5 Å². The van der Waals surface area contributed by atoms with E-state index in [4.69, 9.17) is 0 Å². The van der Waals surface area contributed by atoms with Gasteiger partial charge in [0.05, 0.1) is 0 Å². The predicted molar refractivity (Wildman–Crippen MR) is 87.4 cm³/mol. The molecule has 0 fully saturated rings. The first-order chi connectivity index (χ1) is 9.83. The van der Waals surface area contributed by atoms with Crippen LogP contribution in [0.5, 0.6) is 0 Å². The van der Waals surface area contributed by atoms with E-state index in [0.717, 1.165) is 28.2 Å². The van der Waals surface area contributed by atoms with E-state index in [9.17, 15) is 4.79 Å². The summed E-state index contributed by atoms with van der Waals surface area (Å²) >= 11 is 0. The molecule has 1 atom stereocenters. The number of fused-ring (bicyclic) bond motifs is 1. The minimum atomic E-state index is 0.0110. The minimum absolute atomic E-state index is 0.0110. The summed E-state index contributed by atoms with van der Waals surface area (Å²) in [5, 5.41) is 5.25. The zero-order chi connectivity index (χ0) is 13.8. The monoisotopic (exact) mass is 282 g/mol. The first-order valence-corrected chi connectivity index (χ1v) is 7.68. The van der Waals surface area contributed by atoms with Crippen molar-refractivity contribution in [2.24, 2.45) is 0 Å². The number of nitrogens with one attached hydrogen (secondary N) is 2. The lowest BCUT2D eigenvalue weighted by Crippen LogP contribution is -2.23. The number of aromatic amines is 1. The Kier molecular flexibility index (Phi) is 3.80. The summed E-state index contributed by atoms with van der Waals surface area (Å²) in [5.74, 6) is 0. The first-order valence-electron chi connectivity index (χ1n) is 6.48. The van der Waals surface area contributed by atoms with Crippen LogP contribution in [0.25, 0.3) is 10.9 Å². The Bertz CT molecular complexity index is 768. The van der Waals surface area contributed by atoms with Crippen molar-refractivity contribution in [1.29, 1.82) is 0 Å². The molecule has 0 aliphatic rings. The van der Waals surface area contributed by atoms with Gasteiger partial charge in [0, 0.05) is 22.8 Å². The van der Waals surface area contributed by atoms with Crippen LogP contribution in [0.3, 0.4) is 0 Å². The molecule has 3 aromatic rings. The van der Waals surface area contributed by atoms with Crippen LogP contribution in [0.1, 0.15) is 0 Å². The van der Waals surface area contributed by atoms with Gasteiger partial charge in [0.2, 0.25) is 0 Å². The molecule has 3 nitrogen and oxygen atoms in total. The third-order valence-electron chi connectivity index (χ3n) is 3.10. The van der Waals surface area contributed by atoms with Crippen LogP contribution in [-0.2, 0) is 0 Å². The molecule has 0 saturated heterocycles. The molecule has 1 heterocycles. The summed E-state index contributed by atoms with van der Waals surface area (Å²) in [6.07, 6.45) is 0.769. The average Bonchev–Trinajstić information content (AvgIpc) is 2.49. The second kappa shape index (κ2) is 5.89. The molecule has 4 heteroatoms. The Hall–Kier alpha value is -2.12. The Balaban J connectivity index is 1.74. The van der Waals surface area contributed by atoms with Crippen LogP contribution < -0.4 is 16.2 Å². The Morgan fingerprint density at radius 1 is 1.00 bits per heavy atom. The SMILES string of the molecule is O=c1[nH]c2ccccc2cc1PCNc1ccccc1. The van der Waals surface area contributed by atoms with Crippen molar-refractivity contribution in [2.45, 2.75) is 0 Å². The number of rotatable bonds is 4. The van der Waals surface area contributed by atoms with Crippen molar-refractivity contribution in [3.8, 4) is 0 Å². The lowest BCUT2D eigenvalue weighted by atomic mass is 10.2. The molecule has 0 amide bonds. The lowest BCUT2D eigenvalue weighted by molar-refractivity contribution is 1.33. The molecule has 0 aliphatic heterocycles. The summed E-state index contributed by atoms with van der Waals surface area (Å²) in [7, 11) is 0.437. The third kappa shape index (κ3) is 2.89. The quantitative estimate of drug-likeness (QED) is 0.723. The van der Waals surface area contributed by atoms with Crippen molar-refractivity contribution in [3.05, 3.63) is 71.0 Å². The van der Waals surface area contributed by atoms with E-state index in [2.05, 4.69) is 10.3 Å². The van der Waals surface area contributed by atoms with Gasteiger partial charge in [0.15, 0.2) is 0 Å². The van der Waals surface area contributed by atoms with Gasteiger partial charge in [-0.15, -0.1) is 0 Å². The van der Waals surface area contributed by atoms with Gasteiger partial charge in [-0.1, -0.05) is 45.0 Å². The van der Waals surface area contributed by atoms with E-state index in [0.29, 0.717) is 8.58 Å². The highest BCUT2D eigenvalue weighted by Gasteiger charge is 2.02. The molecule has 100 valence electrons. The normalized spacial score (nSPS) is 11.2. The number of para-hydroxylation sites is 2. The maximum Gasteiger partial charge on any atom is 0.255 e. The number of benzene rings is 2. The summed E-state index contributed by atoms with van der Waals surface area (Å²) in [6.45, 7) is 0. The lowest BCUT2D eigenvalue weighted by Gasteiger charge is -2.06. The zero-order valence-electron chi connectivity index (χ0n) is 10.9. The van der Waals surface area contributed by atoms with Crippen LogP contribution in [-0.4, -0.2) is 11.3 Å². The van der Waals surface area contributed by atoms with E-state index in [1.807, 2.05) is 60.7 Å². The topological polar surface area (TPSA) is 44.9 Å². The van der Waals surface area contributed by atoms with Gasteiger partial charge < -0.3 is 10.3 Å². The molecule has 0 saturated carbocycles. The average molecular weight is 282 g/mol. The largest absolute Gasteiger partial charge is 0.381 e. The van der Waals surface area contributed by atoms with Crippen molar-refractivity contribution in [1.82, 2.24) is 4.98 Å². The van der Waals surface area contributed by atoms with Gasteiger partial charge in [-0.2, -0.15) is 0 Å². The molecule has 2 aromatic carbocycles. The highest BCUT2D eigenvalue weighted by Crippen LogP contribution is 2.14. The van der Waals surface area contributed by atoms with Gasteiger partial charge in [-0.3, -0.25) is 4.79 Å². The number of pyridine rings is 1. The molecule has 0 aliphatic carbocycles. The number of H-pyrrole nitrogens is 1. The molecular weight excluding hydrogens is 267 g/mol. The Morgan fingerprint density at radius 2 is 1.75 bits per heavy atom. The number of aromatic nitrogens is 1. The third-order valence-corrected chi connectivity index (χ3v) is 4.20. The van der Waals surface area contributed by atoms with Crippen molar-refractivity contribution in [3.63, 3.8) is 0 Å². The van der Waals surface area contributed by atoms with Crippen LogP contribution in [0.15, 0.2) is 65.5 Å².